The van der Waals surface area contributed by atoms with Crippen molar-refractivity contribution in [2.45, 2.75) is 32.7 Å². The van der Waals surface area contributed by atoms with Gasteiger partial charge in [-0.2, -0.15) is 0 Å². The maximum Gasteiger partial charge on any atom is 0.220 e. The van der Waals surface area contributed by atoms with Crippen molar-refractivity contribution in [2.24, 2.45) is 22.6 Å². The summed E-state index contributed by atoms with van der Waals surface area (Å²) < 4.78 is 5.32. The Morgan fingerprint density at radius 1 is 1.33 bits per heavy atom. The normalized spacial score (nSPS) is 20.2. The highest BCUT2D eigenvalue weighted by Crippen LogP contribution is 2.25. The molecule has 2 aliphatic heterocycles. The lowest BCUT2D eigenvalue weighted by molar-refractivity contribution is -0.122. The van der Waals surface area contributed by atoms with Crippen LogP contribution in [0.1, 0.15) is 31.7 Å². The van der Waals surface area contributed by atoms with Crippen LogP contribution >= 0.6 is 24.0 Å². The Morgan fingerprint density at radius 3 is 2.77 bits per heavy atom. The zero-order valence-electron chi connectivity index (χ0n) is 18.0. The monoisotopic (exact) mass is 530 g/mol. The van der Waals surface area contributed by atoms with E-state index >= 15 is 0 Å². The van der Waals surface area contributed by atoms with Gasteiger partial charge in [0, 0.05) is 63.4 Å². The van der Waals surface area contributed by atoms with Crippen LogP contribution in [0, 0.1) is 11.8 Å². The van der Waals surface area contributed by atoms with Crippen molar-refractivity contribution in [3.8, 4) is 0 Å². The molecule has 0 aliphatic carbocycles. The summed E-state index contributed by atoms with van der Waals surface area (Å²) in [5.74, 6) is 2.27. The molecule has 0 bridgehead atoms. The lowest BCUT2D eigenvalue weighted by Crippen LogP contribution is -2.40. The van der Waals surface area contributed by atoms with Crippen LogP contribution in [0.5, 0.6) is 0 Å². The fourth-order valence-electron chi connectivity index (χ4n) is 4.20. The molecule has 30 heavy (non-hydrogen) atoms. The van der Waals surface area contributed by atoms with Gasteiger partial charge < -0.3 is 25.6 Å². The number of hydrogen-bond donors (Lipinski definition) is 2. The predicted octanol–water partition coefficient (Wildman–Crippen LogP) is 1.84. The first-order valence-electron chi connectivity index (χ1n) is 10.6. The van der Waals surface area contributed by atoms with Gasteiger partial charge in [-0.05, 0) is 32.3 Å². The Kier molecular flexibility index (Phi) is 10.1. The number of nitrogens with zero attached hydrogens (tertiary/aromatic N) is 4. The van der Waals surface area contributed by atoms with Crippen LogP contribution < -0.4 is 16.0 Å². The number of ether oxygens (including phenoxy) is 1. The molecule has 2 saturated heterocycles. The highest BCUT2D eigenvalue weighted by atomic mass is 127. The third-order valence-electron chi connectivity index (χ3n) is 5.79. The van der Waals surface area contributed by atoms with Gasteiger partial charge in [0.1, 0.15) is 5.82 Å². The molecule has 1 aromatic rings. The molecule has 8 nitrogen and oxygen atoms in total. The number of nitrogens with two attached hydrogens (primary N) is 1. The summed E-state index contributed by atoms with van der Waals surface area (Å²) >= 11 is 0. The summed E-state index contributed by atoms with van der Waals surface area (Å²) in [6.45, 7) is 7.87. The second-order valence-electron chi connectivity index (χ2n) is 7.88. The van der Waals surface area contributed by atoms with Crippen LogP contribution in [-0.2, 0) is 16.1 Å². The molecule has 9 heteroatoms. The Labute approximate surface area is 196 Å². The number of pyridine rings is 1. The molecular weight excluding hydrogens is 495 g/mol. The number of nitrogens with one attached hydrogen (secondary N) is 1. The number of methoxy groups -OCH3 is 1. The molecule has 3 heterocycles. The number of guanidine groups is 1. The summed E-state index contributed by atoms with van der Waals surface area (Å²) in [6.07, 6.45) is 4.52. The number of hydrogen-bond acceptors (Lipinski definition) is 5. The first kappa shape index (κ1) is 24.6. The van der Waals surface area contributed by atoms with Crippen LogP contribution in [-0.4, -0.2) is 68.2 Å². The average Bonchev–Trinajstić information content (AvgIpc) is 3.20. The van der Waals surface area contributed by atoms with Gasteiger partial charge in [0.2, 0.25) is 5.91 Å². The zero-order valence-corrected chi connectivity index (χ0v) is 20.4. The molecule has 0 aromatic carbocycles. The summed E-state index contributed by atoms with van der Waals surface area (Å²) in [4.78, 5) is 25.5. The number of carbonyl (C=O) groups is 1. The number of aliphatic imine (C=N–C) groups is 1. The van der Waals surface area contributed by atoms with E-state index in [-0.39, 0.29) is 35.8 Å². The Hall–Kier alpha value is -1.62. The number of piperidine rings is 1. The van der Waals surface area contributed by atoms with Gasteiger partial charge in [-0.15, -0.1) is 24.0 Å². The van der Waals surface area contributed by atoms with E-state index in [4.69, 9.17) is 15.5 Å². The molecular formula is C21H35IN6O2. The summed E-state index contributed by atoms with van der Waals surface area (Å²) in [5.41, 5.74) is 6.57. The second-order valence-corrected chi connectivity index (χ2v) is 7.88. The highest BCUT2D eigenvalue weighted by molar-refractivity contribution is 14.0. The van der Waals surface area contributed by atoms with E-state index in [1.54, 1.807) is 7.11 Å². The first-order valence-corrected chi connectivity index (χ1v) is 10.6. The molecule has 2 fully saturated rings. The molecule has 1 amide bonds. The number of anilines is 1. The summed E-state index contributed by atoms with van der Waals surface area (Å²) in [7, 11) is 1.76. The quantitative estimate of drug-likeness (QED) is 0.318. The second kappa shape index (κ2) is 12.3. The number of primary amides is 1. The minimum absolute atomic E-state index is 0. The van der Waals surface area contributed by atoms with Crippen molar-refractivity contribution in [1.29, 1.82) is 0 Å². The van der Waals surface area contributed by atoms with Gasteiger partial charge in [0.05, 0.1) is 13.2 Å². The largest absolute Gasteiger partial charge is 0.384 e. The molecule has 3 rings (SSSR count). The van der Waals surface area contributed by atoms with E-state index in [9.17, 15) is 4.79 Å². The van der Waals surface area contributed by atoms with Gasteiger partial charge in [-0.3, -0.25) is 4.79 Å². The molecule has 168 valence electrons. The number of halogens is 1. The van der Waals surface area contributed by atoms with Crippen molar-refractivity contribution >= 4 is 41.7 Å². The van der Waals surface area contributed by atoms with Crippen LogP contribution in [0.15, 0.2) is 23.3 Å². The summed E-state index contributed by atoms with van der Waals surface area (Å²) in [6, 6.07) is 4.05. The van der Waals surface area contributed by atoms with E-state index in [1.165, 1.54) is 0 Å². The zero-order chi connectivity index (χ0) is 20.6. The van der Waals surface area contributed by atoms with Gasteiger partial charge in [0.15, 0.2) is 5.96 Å². The number of carbonyl (C=O) groups excluding carboxylic acids is 1. The van der Waals surface area contributed by atoms with Crippen molar-refractivity contribution in [2.75, 3.05) is 51.3 Å². The standard InChI is InChI=1S/C21H34N6O2.HI/c1-3-23-21(27-10-6-16(14-27)15-29-2)25-13-18-5-4-9-24-20(18)26-11-7-17(8-12-26)19(22)28;/h4-5,9,16-17H,3,6-8,10-15H2,1-2H3,(H2,22,28)(H,23,25);1H. The topological polar surface area (TPSA) is 96.1 Å². The van der Waals surface area contributed by atoms with E-state index in [2.05, 4.69) is 33.1 Å². The first-order chi connectivity index (χ1) is 14.1. The van der Waals surface area contributed by atoms with Crippen LogP contribution in [0.3, 0.4) is 0 Å². The van der Waals surface area contributed by atoms with Crippen LogP contribution in [0.25, 0.3) is 0 Å². The molecule has 0 spiro atoms. The maximum absolute atomic E-state index is 11.4. The fraction of sp³-hybridized carbons (Fsp3) is 0.667. The van der Waals surface area contributed by atoms with Crippen molar-refractivity contribution in [3.05, 3.63) is 23.9 Å². The van der Waals surface area contributed by atoms with Crippen LogP contribution in [0.2, 0.25) is 0 Å². The molecule has 0 saturated carbocycles. The van der Waals surface area contributed by atoms with E-state index in [0.717, 1.165) is 75.9 Å². The number of likely N-dealkylation sites (tertiary alicyclic amines) is 1. The molecule has 3 N–H and O–H groups in total. The number of aromatic nitrogens is 1. The van der Waals surface area contributed by atoms with E-state index in [0.29, 0.717) is 12.5 Å². The van der Waals surface area contributed by atoms with Crippen molar-refractivity contribution < 1.29 is 9.53 Å². The fourth-order valence-corrected chi connectivity index (χ4v) is 4.20. The average molecular weight is 530 g/mol. The van der Waals surface area contributed by atoms with Crippen molar-refractivity contribution in [1.82, 2.24) is 15.2 Å². The molecule has 2 aliphatic rings. The Balaban J connectivity index is 0.00000320. The number of rotatable bonds is 7. The minimum atomic E-state index is -0.192. The van der Waals surface area contributed by atoms with Crippen molar-refractivity contribution in [3.63, 3.8) is 0 Å². The van der Waals surface area contributed by atoms with Crippen LogP contribution in [0.4, 0.5) is 5.82 Å². The molecule has 1 aromatic heterocycles. The smallest absolute Gasteiger partial charge is 0.220 e. The maximum atomic E-state index is 11.4. The van der Waals surface area contributed by atoms with Gasteiger partial charge in [-0.25, -0.2) is 9.98 Å². The third kappa shape index (κ3) is 6.44. The SMILES string of the molecule is CCNC(=NCc1cccnc1N1CCC(C(N)=O)CC1)N1CCC(COC)C1.I. The molecule has 0 radical (unpaired) electrons. The Bertz CT molecular complexity index is 708. The third-order valence-corrected chi connectivity index (χ3v) is 5.79. The minimum Gasteiger partial charge on any atom is -0.384 e. The molecule has 1 atom stereocenters. The summed E-state index contributed by atoms with van der Waals surface area (Å²) in [5, 5.41) is 3.42. The van der Waals surface area contributed by atoms with E-state index in [1.807, 2.05) is 12.3 Å². The predicted molar refractivity (Wildman–Crippen MR) is 130 cm³/mol. The lowest BCUT2D eigenvalue weighted by Gasteiger charge is -2.32. The molecule has 1 unspecified atom stereocenters. The lowest BCUT2D eigenvalue weighted by atomic mass is 9.96. The van der Waals surface area contributed by atoms with Gasteiger partial charge >= 0.3 is 0 Å². The Morgan fingerprint density at radius 2 is 2.10 bits per heavy atom. The number of amides is 1. The van der Waals surface area contributed by atoms with Gasteiger partial charge in [0.25, 0.3) is 0 Å². The highest BCUT2D eigenvalue weighted by Gasteiger charge is 2.26. The van der Waals surface area contributed by atoms with E-state index < -0.39 is 0 Å². The van der Waals surface area contributed by atoms with Gasteiger partial charge in [-0.1, -0.05) is 6.07 Å².